The molecule has 1 aromatic heterocycles. The van der Waals surface area contributed by atoms with Crippen LogP contribution in [0.15, 0.2) is 24.4 Å². The average molecular weight is 251 g/mol. The van der Waals surface area contributed by atoms with Gasteiger partial charge in [-0.15, -0.1) is 5.10 Å². The molecule has 1 heterocycles. The molecule has 0 aliphatic heterocycles. The zero-order chi connectivity index (χ0) is 12.3. The Morgan fingerprint density at radius 3 is 2.88 bits per heavy atom. The molecule has 1 atom stereocenters. The van der Waals surface area contributed by atoms with E-state index in [1.165, 1.54) is 17.6 Å². The van der Waals surface area contributed by atoms with Crippen molar-refractivity contribution < 1.29 is 4.39 Å². The molecule has 0 saturated heterocycles. The van der Waals surface area contributed by atoms with E-state index in [-0.39, 0.29) is 11.9 Å². The number of halogens is 1. The van der Waals surface area contributed by atoms with Gasteiger partial charge in [-0.05, 0) is 48.3 Å². The highest BCUT2D eigenvalue weighted by molar-refractivity contribution is 7.05. The van der Waals surface area contributed by atoms with Crippen molar-refractivity contribution in [1.82, 2.24) is 14.9 Å². The Hall–Kier alpha value is -1.33. The number of nitrogens with zero attached hydrogens (tertiary/aromatic N) is 2. The highest BCUT2D eigenvalue weighted by atomic mass is 32.1. The maximum Gasteiger partial charge on any atom is 0.123 e. The highest BCUT2D eigenvalue weighted by Gasteiger charge is 2.17. The van der Waals surface area contributed by atoms with E-state index < -0.39 is 0 Å². The van der Waals surface area contributed by atoms with Crippen molar-refractivity contribution in [2.75, 3.05) is 6.54 Å². The van der Waals surface area contributed by atoms with E-state index in [4.69, 9.17) is 0 Å². The molecule has 0 amide bonds. The summed E-state index contributed by atoms with van der Waals surface area (Å²) in [5, 5.41) is 7.22. The predicted molar refractivity (Wildman–Crippen MR) is 66.6 cm³/mol. The maximum absolute atomic E-state index is 13.1. The summed E-state index contributed by atoms with van der Waals surface area (Å²) in [6.07, 6.45) is 1.75. The van der Waals surface area contributed by atoms with Crippen molar-refractivity contribution in [2.24, 2.45) is 0 Å². The first-order valence-corrected chi connectivity index (χ1v) is 6.26. The molecule has 0 aliphatic rings. The number of nitrogens with one attached hydrogen (secondary N) is 1. The van der Waals surface area contributed by atoms with E-state index in [0.29, 0.717) is 0 Å². The lowest BCUT2D eigenvalue weighted by Crippen LogP contribution is -2.22. The van der Waals surface area contributed by atoms with E-state index in [1.54, 1.807) is 12.3 Å². The summed E-state index contributed by atoms with van der Waals surface area (Å²) in [7, 11) is 0. The number of hydrogen-bond donors (Lipinski definition) is 1. The Morgan fingerprint density at radius 1 is 1.47 bits per heavy atom. The fraction of sp³-hybridized carbons (Fsp3) is 0.333. The molecule has 17 heavy (non-hydrogen) atoms. The predicted octanol–water partition coefficient (Wildman–Crippen LogP) is 2.68. The van der Waals surface area contributed by atoms with Crippen molar-refractivity contribution in [2.45, 2.75) is 19.9 Å². The summed E-state index contributed by atoms with van der Waals surface area (Å²) in [4.78, 5) is 1.04. The Bertz CT molecular complexity index is 485. The Kier molecular flexibility index (Phi) is 3.81. The van der Waals surface area contributed by atoms with Crippen LogP contribution in [0.5, 0.6) is 0 Å². The second kappa shape index (κ2) is 5.33. The zero-order valence-electron chi connectivity index (χ0n) is 9.77. The van der Waals surface area contributed by atoms with Gasteiger partial charge in [0, 0.05) is 0 Å². The van der Waals surface area contributed by atoms with Crippen molar-refractivity contribution in [1.29, 1.82) is 0 Å². The minimum absolute atomic E-state index is 0.0422. The normalized spacial score (nSPS) is 12.6. The smallest absolute Gasteiger partial charge is 0.123 e. The van der Waals surface area contributed by atoms with Crippen LogP contribution in [0, 0.1) is 12.7 Å². The lowest BCUT2D eigenvalue weighted by Gasteiger charge is -2.18. The first-order chi connectivity index (χ1) is 8.22. The van der Waals surface area contributed by atoms with Gasteiger partial charge in [0.1, 0.15) is 5.82 Å². The van der Waals surface area contributed by atoms with Gasteiger partial charge < -0.3 is 5.32 Å². The Morgan fingerprint density at radius 2 is 2.29 bits per heavy atom. The summed E-state index contributed by atoms with van der Waals surface area (Å²) in [5.41, 5.74) is 2.00. The molecule has 0 spiro atoms. The minimum Gasteiger partial charge on any atom is -0.306 e. The van der Waals surface area contributed by atoms with Crippen LogP contribution in [0.1, 0.15) is 29.0 Å². The van der Waals surface area contributed by atoms with Crippen LogP contribution in [0.2, 0.25) is 0 Å². The quantitative estimate of drug-likeness (QED) is 0.908. The first-order valence-electron chi connectivity index (χ1n) is 5.49. The fourth-order valence-electron chi connectivity index (χ4n) is 1.83. The monoisotopic (exact) mass is 251 g/mol. The SMILES string of the molecule is CCNC(c1cnns1)c1ccc(F)cc1C. The first kappa shape index (κ1) is 12.1. The van der Waals surface area contributed by atoms with Crippen LogP contribution in [0.4, 0.5) is 4.39 Å². The van der Waals surface area contributed by atoms with Gasteiger partial charge in [0.25, 0.3) is 0 Å². The van der Waals surface area contributed by atoms with Crippen LogP contribution in [-0.4, -0.2) is 16.1 Å². The maximum atomic E-state index is 13.1. The molecule has 0 aliphatic carbocycles. The second-order valence-electron chi connectivity index (χ2n) is 3.81. The molecule has 0 radical (unpaired) electrons. The van der Waals surface area contributed by atoms with Gasteiger partial charge >= 0.3 is 0 Å². The number of benzene rings is 1. The molecule has 1 N–H and O–H groups in total. The van der Waals surface area contributed by atoms with Gasteiger partial charge in [-0.3, -0.25) is 0 Å². The van der Waals surface area contributed by atoms with E-state index in [9.17, 15) is 4.39 Å². The summed E-state index contributed by atoms with van der Waals surface area (Å²) < 4.78 is 17.0. The van der Waals surface area contributed by atoms with Crippen molar-refractivity contribution in [3.63, 3.8) is 0 Å². The number of hydrogen-bond acceptors (Lipinski definition) is 4. The molecule has 5 heteroatoms. The standard InChI is InChI=1S/C12H14FN3S/c1-3-14-12(11-7-15-16-17-11)10-5-4-9(13)6-8(10)2/h4-7,12,14H,3H2,1-2H3. The molecule has 1 unspecified atom stereocenters. The average Bonchev–Trinajstić information content (AvgIpc) is 2.80. The highest BCUT2D eigenvalue weighted by Crippen LogP contribution is 2.26. The third kappa shape index (κ3) is 2.68. The Labute approximate surface area is 104 Å². The minimum atomic E-state index is -0.205. The molecule has 3 nitrogen and oxygen atoms in total. The van der Waals surface area contributed by atoms with Crippen LogP contribution in [-0.2, 0) is 0 Å². The van der Waals surface area contributed by atoms with E-state index in [0.717, 1.165) is 22.5 Å². The van der Waals surface area contributed by atoms with E-state index in [2.05, 4.69) is 14.9 Å². The van der Waals surface area contributed by atoms with Crippen LogP contribution >= 0.6 is 11.5 Å². The van der Waals surface area contributed by atoms with Crippen molar-refractivity contribution in [3.8, 4) is 0 Å². The van der Waals surface area contributed by atoms with Crippen molar-refractivity contribution >= 4 is 11.5 Å². The summed E-state index contributed by atoms with van der Waals surface area (Å²) in [5.74, 6) is -0.205. The third-order valence-corrected chi connectivity index (χ3v) is 3.34. The third-order valence-electron chi connectivity index (χ3n) is 2.61. The summed E-state index contributed by atoms with van der Waals surface area (Å²) >= 11 is 1.36. The number of rotatable bonds is 4. The Balaban J connectivity index is 2.39. The lowest BCUT2D eigenvalue weighted by molar-refractivity contribution is 0.613. The van der Waals surface area contributed by atoms with Gasteiger partial charge in [-0.1, -0.05) is 17.5 Å². The number of aromatic nitrogens is 2. The van der Waals surface area contributed by atoms with Gasteiger partial charge in [0.05, 0.1) is 17.1 Å². The van der Waals surface area contributed by atoms with E-state index >= 15 is 0 Å². The molecular formula is C12H14FN3S. The molecule has 1 aromatic carbocycles. The van der Waals surface area contributed by atoms with Crippen LogP contribution < -0.4 is 5.32 Å². The molecule has 0 saturated carbocycles. The van der Waals surface area contributed by atoms with Gasteiger partial charge in [-0.25, -0.2) is 4.39 Å². The van der Waals surface area contributed by atoms with Crippen LogP contribution in [0.3, 0.4) is 0 Å². The number of aryl methyl sites for hydroxylation is 1. The molecule has 0 bridgehead atoms. The molecule has 2 rings (SSSR count). The van der Waals surface area contributed by atoms with Crippen molar-refractivity contribution in [3.05, 3.63) is 46.2 Å². The fourth-order valence-corrected chi connectivity index (χ4v) is 2.43. The summed E-state index contributed by atoms with van der Waals surface area (Å²) in [6, 6.07) is 4.90. The van der Waals surface area contributed by atoms with Gasteiger partial charge in [-0.2, -0.15) is 0 Å². The molecule has 2 aromatic rings. The second-order valence-corrected chi connectivity index (χ2v) is 4.63. The largest absolute Gasteiger partial charge is 0.306 e. The summed E-state index contributed by atoms with van der Waals surface area (Å²) in [6.45, 7) is 4.79. The van der Waals surface area contributed by atoms with Gasteiger partial charge in [0.15, 0.2) is 0 Å². The van der Waals surface area contributed by atoms with E-state index in [1.807, 2.05) is 19.9 Å². The zero-order valence-corrected chi connectivity index (χ0v) is 10.6. The van der Waals surface area contributed by atoms with Gasteiger partial charge in [0.2, 0.25) is 0 Å². The van der Waals surface area contributed by atoms with Crippen LogP contribution in [0.25, 0.3) is 0 Å². The molecule has 0 fully saturated rings. The molecule has 90 valence electrons. The molecular weight excluding hydrogens is 237 g/mol. The topological polar surface area (TPSA) is 37.8 Å². The lowest BCUT2D eigenvalue weighted by atomic mass is 10.0.